The molecule has 2 aromatic rings. The molecule has 3 fully saturated rings. The highest BCUT2D eigenvalue weighted by atomic mass is 16.5. The lowest BCUT2D eigenvalue weighted by Gasteiger charge is -2.37. The van der Waals surface area contributed by atoms with Crippen molar-refractivity contribution >= 4 is 17.5 Å². The van der Waals surface area contributed by atoms with Gasteiger partial charge in [0.25, 0.3) is 5.91 Å². The summed E-state index contributed by atoms with van der Waals surface area (Å²) in [5.74, 6) is 1.48. The van der Waals surface area contributed by atoms with Crippen LogP contribution in [0.2, 0.25) is 0 Å². The number of hydrogen-bond acceptors (Lipinski definition) is 5. The molecule has 1 aliphatic carbocycles. The lowest BCUT2D eigenvalue weighted by Crippen LogP contribution is -2.54. The van der Waals surface area contributed by atoms with Crippen molar-refractivity contribution in [1.82, 2.24) is 15.1 Å². The molecule has 2 amide bonds. The molecule has 1 N–H and O–H groups in total. The second-order valence-electron chi connectivity index (χ2n) is 12.5. The van der Waals surface area contributed by atoms with Crippen LogP contribution in [-0.4, -0.2) is 72.5 Å². The van der Waals surface area contributed by atoms with Gasteiger partial charge in [0.15, 0.2) is 5.60 Å². The molecular formula is C33H46N4O3. The zero-order valence-corrected chi connectivity index (χ0v) is 24.7. The molecular weight excluding hydrogens is 500 g/mol. The fourth-order valence-electron chi connectivity index (χ4n) is 5.96. The Labute approximate surface area is 239 Å². The average Bonchev–Trinajstić information content (AvgIpc) is 3.81. The first kappa shape index (κ1) is 28.5. The SMILES string of the molecule is CC(C)c1ccc(CN(C(=O)[C@H]2CCCN(c3cccc(OC(C)(C)C(=O)N4CCNCC4)c3)C2)C2CC2)cc1. The number of amides is 2. The van der Waals surface area contributed by atoms with Crippen LogP contribution < -0.4 is 15.0 Å². The average molecular weight is 547 g/mol. The molecule has 3 aliphatic rings. The van der Waals surface area contributed by atoms with Gasteiger partial charge < -0.3 is 24.8 Å². The van der Waals surface area contributed by atoms with Crippen molar-refractivity contribution in [2.75, 3.05) is 44.2 Å². The highest BCUT2D eigenvalue weighted by molar-refractivity contribution is 5.85. The lowest BCUT2D eigenvalue weighted by molar-refractivity contribution is -0.146. The Bertz CT molecular complexity index is 1170. The number of piperidine rings is 1. The topological polar surface area (TPSA) is 65.1 Å². The monoisotopic (exact) mass is 546 g/mol. The molecule has 2 aliphatic heterocycles. The van der Waals surface area contributed by atoms with Crippen molar-refractivity contribution in [3.63, 3.8) is 0 Å². The summed E-state index contributed by atoms with van der Waals surface area (Å²) in [7, 11) is 0. The molecule has 2 heterocycles. The second kappa shape index (κ2) is 12.2. The number of carbonyl (C=O) groups excluding carboxylic acids is 2. The molecule has 2 saturated heterocycles. The van der Waals surface area contributed by atoms with E-state index in [9.17, 15) is 9.59 Å². The third kappa shape index (κ3) is 6.80. The minimum absolute atomic E-state index is 0.0143. The second-order valence-corrected chi connectivity index (χ2v) is 12.5. The van der Waals surface area contributed by atoms with Gasteiger partial charge in [-0.25, -0.2) is 0 Å². The summed E-state index contributed by atoms with van der Waals surface area (Å²) in [5, 5.41) is 3.29. The van der Waals surface area contributed by atoms with E-state index in [0.29, 0.717) is 43.9 Å². The summed E-state index contributed by atoms with van der Waals surface area (Å²) < 4.78 is 6.28. The van der Waals surface area contributed by atoms with Crippen molar-refractivity contribution < 1.29 is 14.3 Å². The maximum atomic E-state index is 13.8. The molecule has 1 saturated carbocycles. The molecule has 0 bridgehead atoms. The quantitative estimate of drug-likeness (QED) is 0.489. The summed E-state index contributed by atoms with van der Waals surface area (Å²) >= 11 is 0. The van der Waals surface area contributed by atoms with Crippen molar-refractivity contribution in [1.29, 1.82) is 0 Å². The Morgan fingerprint density at radius 1 is 1.02 bits per heavy atom. The summed E-state index contributed by atoms with van der Waals surface area (Å²) in [6.07, 6.45) is 4.12. The van der Waals surface area contributed by atoms with Crippen molar-refractivity contribution in [2.45, 2.75) is 77.5 Å². The van der Waals surface area contributed by atoms with Crippen LogP contribution in [0.3, 0.4) is 0 Å². The molecule has 7 nitrogen and oxygen atoms in total. The van der Waals surface area contributed by atoms with Gasteiger partial charge in [0.1, 0.15) is 5.75 Å². The van der Waals surface area contributed by atoms with E-state index in [1.54, 1.807) is 0 Å². The molecule has 0 radical (unpaired) electrons. The van der Waals surface area contributed by atoms with Crippen molar-refractivity contribution in [3.05, 3.63) is 59.7 Å². The minimum Gasteiger partial charge on any atom is -0.478 e. The van der Waals surface area contributed by atoms with E-state index in [2.05, 4.69) is 59.3 Å². The summed E-state index contributed by atoms with van der Waals surface area (Å²) in [6, 6.07) is 17.2. The fourth-order valence-corrected chi connectivity index (χ4v) is 5.96. The number of carbonyl (C=O) groups is 2. The number of piperazine rings is 1. The Balaban J connectivity index is 1.24. The van der Waals surface area contributed by atoms with Gasteiger partial charge in [-0.05, 0) is 68.7 Å². The van der Waals surface area contributed by atoms with E-state index in [4.69, 9.17) is 4.74 Å². The van der Waals surface area contributed by atoms with Crippen LogP contribution in [0.4, 0.5) is 5.69 Å². The number of ether oxygens (including phenoxy) is 1. The number of nitrogens with one attached hydrogen (secondary N) is 1. The zero-order valence-electron chi connectivity index (χ0n) is 24.7. The maximum absolute atomic E-state index is 13.8. The largest absolute Gasteiger partial charge is 0.478 e. The van der Waals surface area contributed by atoms with Crippen molar-refractivity contribution in [3.8, 4) is 5.75 Å². The molecule has 1 atom stereocenters. The Morgan fingerprint density at radius 2 is 1.75 bits per heavy atom. The van der Waals surface area contributed by atoms with E-state index in [1.165, 1.54) is 11.1 Å². The predicted molar refractivity (Wildman–Crippen MR) is 160 cm³/mol. The number of anilines is 1. The molecule has 5 rings (SSSR count). The van der Waals surface area contributed by atoms with Crippen LogP contribution >= 0.6 is 0 Å². The molecule has 0 unspecified atom stereocenters. The van der Waals surface area contributed by atoms with E-state index in [1.807, 2.05) is 36.9 Å². The number of nitrogens with zero attached hydrogens (tertiary/aromatic N) is 3. The van der Waals surface area contributed by atoms with Gasteiger partial charge in [-0.15, -0.1) is 0 Å². The zero-order chi connectivity index (χ0) is 28.3. The highest BCUT2D eigenvalue weighted by Crippen LogP contribution is 2.33. The molecule has 0 aromatic heterocycles. The first-order valence-electron chi connectivity index (χ1n) is 15.1. The van der Waals surface area contributed by atoms with Crippen molar-refractivity contribution in [2.24, 2.45) is 5.92 Å². The molecule has 2 aromatic carbocycles. The van der Waals surface area contributed by atoms with Crippen LogP contribution in [0, 0.1) is 5.92 Å². The lowest BCUT2D eigenvalue weighted by atomic mass is 9.95. The summed E-state index contributed by atoms with van der Waals surface area (Å²) in [5.41, 5.74) is 2.63. The van der Waals surface area contributed by atoms with Gasteiger partial charge >= 0.3 is 0 Å². The minimum atomic E-state index is -0.950. The van der Waals surface area contributed by atoms with Crippen LogP contribution in [0.1, 0.15) is 70.4 Å². The van der Waals surface area contributed by atoms with Crippen LogP contribution in [0.15, 0.2) is 48.5 Å². The van der Waals surface area contributed by atoms with E-state index in [-0.39, 0.29) is 17.7 Å². The maximum Gasteiger partial charge on any atom is 0.266 e. The van der Waals surface area contributed by atoms with Gasteiger partial charge in [0.2, 0.25) is 5.91 Å². The number of benzene rings is 2. The smallest absolute Gasteiger partial charge is 0.266 e. The normalized spacial score (nSPS) is 20.0. The third-order valence-electron chi connectivity index (χ3n) is 8.52. The Kier molecular flexibility index (Phi) is 8.69. The van der Waals surface area contributed by atoms with E-state index >= 15 is 0 Å². The Hall–Kier alpha value is -3.06. The number of hydrogen-bond donors (Lipinski definition) is 1. The molecule has 216 valence electrons. The van der Waals surface area contributed by atoms with Crippen LogP contribution in [0.5, 0.6) is 5.75 Å². The van der Waals surface area contributed by atoms with Gasteiger partial charge in [-0.2, -0.15) is 0 Å². The first-order chi connectivity index (χ1) is 19.2. The first-order valence-corrected chi connectivity index (χ1v) is 15.1. The highest BCUT2D eigenvalue weighted by Gasteiger charge is 2.38. The van der Waals surface area contributed by atoms with Gasteiger partial charge in [0.05, 0.1) is 5.92 Å². The standard InChI is InChI=1S/C33H46N4O3/c1-24(2)26-12-10-25(11-13-26)22-37(28-14-15-28)31(38)27-7-6-18-36(23-27)29-8-5-9-30(21-29)40-33(3,4)32(39)35-19-16-34-17-20-35/h5,8-13,21,24,27-28,34H,6-7,14-20,22-23H2,1-4H3/t27-/m0/s1. The van der Waals surface area contributed by atoms with Gasteiger partial charge in [-0.1, -0.05) is 44.2 Å². The van der Waals surface area contributed by atoms with Crippen LogP contribution in [0.25, 0.3) is 0 Å². The molecule has 7 heteroatoms. The van der Waals surface area contributed by atoms with Gasteiger partial charge in [-0.3, -0.25) is 9.59 Å². The molecule has 0 spiro atoms. The number of rotatable bonds is 9. The van der Waals surface area contributed by atoms with Crippen LogP contribution in [-0.2, 0) is 16.1 Å². The predicted octanol–water partition coefficient (Wildman–Crippen LogP) is 4.81. The van der Waals surface area contributed by atoms with E-state index < -0.39 is 5.60 Å². The summed E-state index contributed by atoms with van der Waals surface area (Å²) in [6.45, 7) is 13.5. The third-order valence-corrected chi connectivity index (χ3v) is 8.52. The molecule has 40 heavy (non-hydrogen) atoms. The van der Waals surface area contributed by atoms with E-state index in [0.717, 1.165) is 51.0 Å². The summed E-state index contributed by atoms with van der Waals surface area (Å²) in [4.78, 5) is 33.3. The fraction of sp³-hybridized carbons (Fsp3) is 0.576. The van der Waals surface area contributed by atoms with Gasteiger partial charge in [0, 0.05) is 63.6 Å². The Morgan fingerprint density at radius 3 is 2.42 bits per heavy atom.